The minimum absolute atomic E-state index is 0.686. The monoisotopic (exact) mass is 231 g/mol. The largest absolute Gasteiger partial charge is 0.378 e. The summed E-state index contributed by atoms with van der Waals surface area (Å²) in [6.07, 6.45) is 9.12. The zero-order valence-corrected chi connectivity index (χ0v) is 10.7. The summed E-state index contributed by atoms with van der Waals surface area (Å²) in [5.41, 5.74) is 2.44. The molecule has 0 radical (unpaired) electrons. The van der Waals surface area contributed by atoms with Crippen molar-refractivity contribution in [3.63, 3.8) is 0 Å². The van der Waals surface area contributed by atoms with Crippen LogP contribution in [0.3, 0.4) is 0 Å². The first-order valence-electron chi connectivity index (χ1n) is 6.11. The Labute approximate surface area is 104 Å². The molecule has 0 aliphatic carbocycles. The molecular weight excluding hydrogens is 210 g/mol. The molecule has 2 nitrogen and oxygen atoms in total. The molecule has 0 aliphatic heterocycles. The summed E-state index contributed by atoms with van der Waals surface area (Å²) < 4.78 is 0. The Bertz CT molecular complexity index is 352. The van der Waals surface area contributed by atoms with Crippen LogP contribution in [-0.2, 0) is 4.79 Å². The molecule has 1 aromatic carbocycles. The van der Waals surface area contributed by atoms with Gasteiger partial charge >= 0.3 is 0 Å². The Kier molecular flexibility index (Phi) is 6.08. The second-order valence-corrected chi connectivity index (χ2v) is 4.34. The van der Waals surface area contributed by atoms with Crippen LogP contribution < -0.4 is 4.90 Å². The second-order valence-electron chi connectivity index (χ2n) is 4.34. The van der Waals surface area contributed by atoms with Crippen molar-refractivity contribution in [1.29, 1.82) is 0 Å². The number of aldehydes is 1. The Hall–Kier alpha value is -1.57. The van der Waals surface area contributed by atoms with E-state index in [1.54, 1.807) is 0 Å². The number of carbonyl (C=O) groups excluding carboxylic acids is 1. The van der Waals surface area contributed by atoms with E-state index in [0.29, 0.717) is 6.42 Å². The predicted molar refractivity (Wildman–Crippen MR) is 74.3 cm³/mol. The van der Waals surface area contributed by atoms with Crippen molar-refractivity contribution >= 4 is 18.0 Å². The Morgan fingerprint density at radius 1 is 1.06 bits per heavy atom. The lowest BCUT2D eigenvalue weighted by atomic mass is 10.1. The first-order chi connectivity index (χ1) is 8.24. The molecule has 0 spiro atoms. The van der Waals surface area contributed by atoms with E-state index in [1.807, 2.05) is 14.1 Å². The molecule has 92 valence electrons. The Morgan fingerprint density at radius 2 is 1.71 bits per heavy atom. The molecule has 0 aromatic heterocycles. The lowest BCUT2D eigenvalue weighted by molar-refractivity contribution is -0.107. The third-order valence-electron chi connectivity index (χ3n) is 2.66. The topological polar surface area (TPSA) is 20.3 Å². The molecule has 0 fully saturated rings. The van der Waals surface area contributed by atoms with E-state index in [2.05, 4.69) is 41.3 Å². The number of carbonyl (C=O) groups is 1. The van der Waals surface area contributed by atoms with Gasteiger partial charge in [0.25, 0.3) is 0 Å². The van der Waals surface area contributed by atoms with Gasteiger partial charge < -0.3 is 9.69 Å². The van der Waals surface area contributed by atoms with Gasteiger partial charge in [0.15, 0.2) is 0 Å². The molecule has 0 heterocycles. The number of unbranched alkanes of at least 4 members (excludes halogenated alkanes) is 3. The van der Waals surface area contributed by atoms with E-state index in [-0.39, 0.29) is 0 Å². The van der Waals surface area contributed by atoms with Gasteiger partial charge in [0.1, 0.15) is 6.29 Å². The number of benzene rings is 1. The molecule has 0 saturated heterocycles. The summed E-state index contributed by atoms with van der Waals surface area (Å²) in [6, 6.07) is 8.48. The highest BCUT2D eigenvalue weighted by Crippen LogP contribution is 2.13. The van der Waals surface area contributed by atoms with E-state index in [9.17, 15) is 4.79 Å². The summed E-state index contributed by atoms with van der Waals surface area (Å²) in [7, 11) is 4.08. The number of anilines is 1. The number of rotatable bonds is 7. The van der Waals surface area contributed by atoms with Gasteiger partial charge in [-0.3, -0.25) is 0 Å². The average Bonchev–Trinajstić information content (AvgIpc) is 2.34. The van der Waals surface area contributed by atoms with Gasteiger partial charge in [-0.15, -0.1) is 0 Å². The lowest BCUT2D eigenvalue weighted by Gasteiger charge is -2.11. The molecular formula is C15H21NO. The fourth-order valence-corrected chi connectivity index (χ4v) is 1.59. The van der Waals surface area contributed by atoms with Gasteiger partial charge in [0.2, 0.25) is 0 Å². The van der Waals surface area contributed by atoms with Crippen molar-refractivity contribution in [1.82, 2.24) is 0 Å². The third kappa shape index (κ3) is 5.34. The Morgan fingerprint density at radius 3 is 2.29 bits per heavy atom. The van der Waals surface area contributed by atoms with Gasteiger partial charge in [-0.25, -0.2) is 0 Å². The number of allylic oxidation sites excluding steroid dienone is 1. The highest BCUT2D eigenvalue weighted by Gasteiger charge is 1.93. The normalized spacial score (nSPS) is 10.7. The SMILES string of the molecule is CN(C)c1ccc(C=CCCCCC=O)cc1. The molecule has 0 atom stereocenters. The van der Waals surface area contributed by atoms with Crippen molar-refractivity contribution < 1.29 is 4.79 Å². The van der Waals surface area contributed by atoms with Crippen LogP contribution in [0.2, 0.25) is 0 Å². The molecule has 17 heavy (non-hydrogen) atoms. The molecule has 1 aromatic rings. The van der Waals surface area contributed by atoms with E-state index in [0.717, 1.165) is 25.5 Å². The maximum absolute atomic E-state index is 10.1. The minimum Gasteiger partial charge on any atom is -0.378 e. The van der Waals surface area contributed by atoms with E-state index >= 15 is 0 Å². The third-order valence-corrected chi connectivity index (χ3v) is 2.66. The standard InChI is InChI=1S/C15H21NO/c1-16(2)15-11-9-14(10-12-15)8-6-4-3-5-7-13-17/h6,8-13H,3-5,7H2,1-2H3. The van der Waals surface area contributed by atoms with E-state index < -0.39 is 0 Å². The quantitative estimate of drug-likeness (QED) is 0.528. The van der Waals surface area contributed by atoms with Crippen molar-refractivity contribution in [3.05, 3.63) is 35.9 Å². The van der Waals surface area contributed by atoms with Crippen LogP contribution in [0.15, 0.2) is 30.3 Å². The van der Waals surface area contributed by atoms with Crippen LogP contribution in [0.5, 0.6) is 0 Å². The molecule has 0 unspecified atom stereocenters. The maximum Gasteiger partial charge on any atom is 0.119 e. The molecule has 1 rings (SSSR count). The molecule has 0 aliphatic rings. The summed E-state index contributed by atoms with van der Waals surface area (Å²) in [4.78, 5) is 12.2. The molecule has 2 heteroatoms. The zero-order chi connectivity index (χ0) is 12.5. The lowest BCUT2D eigenvalue weighted by Crippen LogP contribution is -2.07. The van der Waals surface area contributed by atoms with Crippen LogP contribution in [0.4, 0.5) is 5.69 Å². The van der Waals surface area contributed by atoms with Gasteiger partial charge in [-0.2, -0.15) is 0 Å². The van der Waals surface area contributed by atoms with Crippen LogP contribution in [0.1, 0.15) is 31.2 Å². The predicted octanol–water partition coefficient (Wildman–Crippen LogP) is 3.53. The van der Waals surface area contributed by atoms with Crippen molar-refractivity contribution in [3.8, 4) is 0 Å². The summed E-state index contributed by atoms with van der Waals surface area (Å²) in [6.45, 7) is 0. The average molecular weight is 231 g/mol. The van der Waals surface area contributed by atoms with E-state index in [1.165, 1.54) is 11.3 Å². The van der Waals surface area contributed by atoms with Gasteiger partial charge in [-0.1, -0.05) is 24.3 Å². The van der Waals surface area contributed by atoms with Crippen molar-refractivity contribution in [2.24, 2.45) is 0 Å². The van der Waals surface area contributed by atoms with E-state index in [4.69, 9.17) is 0 Å². The van der Waals surface area contributed by atoms with Crippen LogP contribution in [0.25, 0.3) is 6.08 Å². The summed E-state index contributed by atoms with van der Waals surface area (Å²) in [5, 5.41) is 0. The summed E-state index contributed by atoms with van der Waals surface area (Å²) >= 11 is 0. The van der Waals surface area contributed by atoms with Crippen molar-refractivity contribution in [2.75, 3.05) is 19.0 Å². The number of hydrogen-bond acceptors (Lipinski definition) is 2. The van der Waals surface area contributed by atoms with Gasteiger partial charge in [0.05, 0.1) is 0 Å². The highest BCUT2D eigenvalue weighted by molar-refractivity contribution is 5.55. The first kappa shape index (κ1) is 13.5. The summed E-state index contributed by atoms with van der Waals surface area (Å²) in [5.74, 6) is 0. The number of nitrogens with zero attached hydrogens (tertiary/aromatic N) is 1. The van der Waals surface area contributed by atoms with Crippen LogP contribution in [-0.4, -0.2) is 20.4 Å². The molecule has 0 bridgehead atoms. The van der Waals surface area contributed by atoms with Gasteiger partial charge in [0, 0.05) is 26.2 Å². The fourth-order valence-electron chi connectivity index (χ4n) is 1.59. The second kappa shape index (κ2) is 7.66. The zero-order valence-electron chi connectivity index (χ0n) is 10.7. The first-order valence-corrected chi connectivity index (χ1v) is 6.11. The van der Waals surface area contributed by atoms with Crippen molar-refractivity contribution in [2.45, 2.75) is 25.7 Å². The highest BCUT2D eigenvalue weighted by atomic mass is 16.1. The minimum atomic E-state index is 0.686. The van der Waals surface area contributed by atoms with Crippen LogP contribution >= 0.6 is 0 Å². The smallest absolute Gasteiger partial charge is 0.119 e. The fraction of sp³-hybridized carbons (Fsp3) is 0.400. The molecule has 0 saturated carbocycles. The van der Waals surface area contributed by atoms with Crippen LogP contribution in [0, 0.1) is 0 Å². The maximum atomic E-state index is 10.1. The van der Waals surface area contributed by atoms with Gasteiger partial charge in [-0.05, 0) is 37.0 Å². The molecule has 0 amide bonds. The number of hydrogen-bond donors (Lipinski definition) is 0. The molecule has 0 N–H and O–H groups in total. The Balaban J connectivity index is 2.35.